The number of nitrogens with zero attached hydrogens (tertiary/aromatic N) is 1. The zero-order chi connectivity index (χ0) is 14.2. The third-order valence-corrected chi connectivity index (χ3v) is 4.49. The Morgan fingerprint density at radius 1 is 1.21 bits per heavy atom. The van der Waals surface area contributed by atoms with E-state index in [2.05, 4.69) is 37.2 Å². The second-order valence-corrected chi connectivity index (χ2v) is 6.21. The van der Waals surface area contributed by atoms with Crippen LogP contribution < -0.4 is 5.32 Å². The molecule has 106 valence electrons. The molecule has 0 saturated carbocycles. The molecule has 1 aromatic carbocycles. The number of anilines is 1. The number of phenolic OH excluding ortho intramolecular Hbond substituents is 1. The van der Waals surface area contributed by atoms with Gasteiger partial charge in [0.05, 0.1) is 0 Å². The zero-order valence-corrected chi connectivity index (χ0v) is 12.7. The molecule has 2 rings (SSSR count). The van der Waals surface area contributed by atoms with Gasteiger partial charge in [0.2, 0.25) is 0 Å². The molecule has 0 aromatic heterocycles. The van der Waals surface area contributed by atoms with Crippen LogP contribution in [-0.2, 0) is 0 Å². The number of rotatable bonds is 2. The molecule has 19 heavy (non-hydrogen) atoms. The Kier molecular flexibility index (Phi) is 4.04. The molecule has 3 unspecified atom stereocenters. The summed E-state index contributed by atoms with van der Waals surface area (Å²) in [5.74, 6) is 1.02. The molecule has 0 spiro atoms. The molecule has 0 bridgehead atoms. The molecular weight excluding hydrogens is 236 g/mol. The number of piperidine rings is 1. The van der Waals surface area contributed by atoms with Crippen LogP contribution in [-0.4, -0.2) is 35.7 Å². The summed E-state index contributed by atoms with van der Waals surface area (Å²) in [6.45, 7) is 9.72. The predicted octanol–water partition coefficient (Wildman–Crippen LogP) is 3.15. The first-order valence-corrected chi connectivity index (χ1v) is 7.15. The molecule has 1 saturated heterocycles. The van der Waals surface area contributed by atoms with Crippen molar-refractivity contribution in [2.75, 3.05) is 18.9 Å². The van der Waals surface area contributed by atoms with Gasteiger partial charge in [-0.05, 0) is 63.4 Å². The first-order chi connectivity index (χ1) is 8.88. The summed E-state index contributed by atoms with van der Waals surface area (Å²) in [6.07, 6.45) is 1.16. The summed E-state index contributed by atoms with van der Waals surface area (Å²) in [5.41, 5.74) is 3.20. The van der Waals surface area contributed by atoms with Gasteiger partial charge < -0.3 is 15.3 Å². The van der Waals surface area contributed by atoms with Crippen LogP contribution in [0, 0.1) is 19.8 Å². The molecule has 3 nitrogen and oxygen atoms in total. The van der Waals surface area contributed by atoms with Crippen LogP contribution in [0.25, 0.3) is 0 Å². The number of phenols is 1. The Balaban J connectivity index is 2.15. The Bertz CT molecular complexity index is 458. The van der Waals surface area contributed by atoms with E-state index >= 15 is 0 Å². The summed E-state index contributed by atoms with van der Waals surface area (Å²) in [5, 5.41) is 13.4. The monoisotopic (exact) mass is 262 g/mol. The van der Waals surface area contributed by atoms with Gasteiger partial charge in [-0.2, -0.15) is 0 Å². The maximum atomic E-state index is 9.72. The minimum Gasteiger partial charge on any atom is -0.508 e. The van der Waals surface area contributed by atoms with Gasteiger partial charge in [-0.3, -0.25) is 0 Å². The summed E-state index contributed by atoms with van der Waals surface area (Å²) in [6, 6.07) is 5.03. The van der Waals surface area contributed by atoms with E-state index in [1.807, 2.05) is 19.9 Å². The number of hydrogen-bond donors (Lipinski definition) is 2. The minimum atomic E-state index is 0.382. The third kappa shape index (κ3) is 3.03. The van der Waals surface area contributed by atoms with Crippen molar-refractivity contribution in [3.63, 3.8) is 0 Å². The zero-order valence-electron chi connectivity index (χ0n) is 12.7. The molecule has 0 radical (unpaired) electrons. The Morgan fingerprint density at radius 3 is 2.58 bits per heavy atom. The van der Waals surface area contributed by atoms with Gasteiger partial charge in [-0.25, -0.2) is 0 Å². The maximum Gasteiger partial charge on any atom is 0.118 e. The van der Waals surface area contributed by atoms with Gasteiger partial charge in [0.25, 0.3) is 0 Å². The van der Waals surface area contributed by atoms with E-state index in [1.54, 1.807) is 0 Å². The van der Waals surface area contributed by atoms with Gasteiger partial charge in [0.1, 0.15) is 5.75 Å². The van der Waals surface area contributed by atoms with E-state index in [4.69, 9.17) is 0 Å². The SMILES string of the molecule is Cc1cc(NC2CC(C)N(C)CC2C)c(C)cc1O. The lowest BCUT2D eigenvalue weighted by molar-refractivity contribution is 0.145. The van der Waals surface area contributed by atoms with Crippen molar-refractivity contribution in [3.05, 3.63) is 23.3 Å². The van der Waals surface area contributed by atoms with Crippen molar-refractivity contribution in [3.8, 4) is 5.75 Å². The summed E-state index contributed by atoms with van der Waals surface area (Å²) < 4.78 is 0. The lowest BCUT2D eigenvalue weighted by Crippen LogP contribution is -2.48. The minimum absolute atomic E-state index is 0.382. The quantitative estimate of drug-likeness (QED) is 0.804. The Labute approximate surface area is 116 Å². The fourth-order valence-corrected chi connectivity index (χ4v) is 2.90. The largest absolute Gasteiger partial charge is 0.508 e. The number of nitrogens with one attached hydrogen (secondary N) is 1. The van der Waals surface area contributed by atoms with E-state index in [1.165, 1.54) is 0 Å². The molecule has 3 heteroatoms. The van der Waals surface area contributed by atoms with Crippen LogP contribution >= 0.6 is 0 Å². The molecule has 1 fully saturated rings. The van der Waals surface area contributed by atoms with Crippen molar-refractivity contribution in [2.24, 2.45) is 5.92 Å². The fourth-order valence-electron chi connectivity index (χ4n) is 2.90. The number of benzene rings is 1. The highest BCUT2D eigenvalue weighted by atomic mass is 16.3. The van der Waals surface area contributed by atoms with Crippen molar-refractivity contribution < 1.29 is 5.11 Å². The van der Waals surface area contributed by atoms with Crippen LogP contribution in [0.3, 0.4) is 0 Å². The van der Waals surface area contributed by atoms with Crippen LogP contribution in [0.5, 0.6) is 5.75 Å². The Morgan fingerprint density at radius 2 is 1.89 bits per heavy atom. The van der Waals surface area contributed by atoms with Crippen molar-refractivity contribution >= 4 is 5.69 Å². The van der Waals surface area contributed by atoms with Crippen molar-refractivity contribution in [2.45, 2.75) is 46.2 Å². The standard InChI is InChI=1S/C16H26N2O/c1-10-7-16(19)11(2)6-14(10)17-15-8-13(4)18(5)9-12(15)3/h6-7,12-13,15,17,19H,8-9H2,1-5H3. The van der Waals surface area contributed by atoms with Crippen molar-refractivity contribution in [1.82, 2.24) is 4.90 Å². The molecule has 3 atom stereocenters. The molecule has 1 aliphatic heterocycles. The van der Waals surface area contributed by atoms with E-state index in [9.17, 15) is 5.11 Å². The molecule has 2 N–H and O–H groups in total. The molecular formula is C16H26N2O. The number of likely N-dealkylation sites (tertiary alicyclic amines) is 1. The Hall–Kier alpha value is -1.22. The van der Waals surface area contributed by atoms with E-state index < -0.39 is 0 Å². The average Bonchev–Trinajstić information content (AvgIpc) is 2.32. The van der Waals surface area contributed by atoms with E-state index in [0.717, 1.165) is 29.8 Å². The van der Waals surface area contributed by atoms with Crippen LogP contribution in [0.4, 0.5) is 5.69 Å². The van der Waals surface area contributed by atoms with Gasteiger partial charge in [-0.15, -0.1) is 0 Å². The number of hydrogen-bond acceptors (Lipinski definition) is 3. The van der Waals surface area contributed by atoms with E-state index in [-0.39, 0.29) is 0 Å². The predicted molar refractivity (Wildman–Crippen MR) is 80.9 cm³/mol. The summed E-state index contributed by atoms with van der Waals surface area (Å²) in [4.78, 5) is 2.43. The smallest absolute Gasteiger partial charge is 0.118 e. The number of aryl methyl sites for hydroxylation is 2. The first-order valence-electron chi connectivity index (χ1n) is 7.15. The lowest BCUT2D eigenvalue weighted by atomic mass is 9.89. The molecule has 0 amide bonds. The maximum absolute atomic E-state index is 9.72. The molecule has 1 heterocycles. The first kappa shape index (κ1) is 14.2. The second-order valence-electron chi connectivity index (χ2n) is 6.21. The van der Waals surface area contributed by atoms with Crippen LogP contribution in [0.2, 0.25) is 0 Å². The lowest BCUT2D eigenvalue weighted by Gasteiger charge is -2.40. The number of aromatic hydroxyl groups is 1. The fraction of sp³-hybridized carbons (Fsp3) is 0.625. The van der Waals surface area contributed by atoms with E-state index in [0.29, 0.717) is 23.8 Å². The molecule has 1 aromatic rings. The molecule has 1 aliphatic rings. The normalized spacial score (nSPS) is 28.4. The van der Waals surface area contributed by atoms with Gasteiger partial charge in [0.15, 0.2) is 0 Å². The highest BCUT2D eigenvalue weighted by molar-refractivity contribution is 5.57. The van der Waals surface area contributed by atoms with Gasteiger partial charge in [0, 0.05) is 24.3 Å². The van der Waals surface area contributed by atoms with Gasteiger partial charge in [-0.1, -0.05) is 6.92 Å². The highest BCUT2D eigenvalue weighted by Crippen LogP contribution is 2.29. The third-order valence-electron chi connectivity index (χ3n) is 4.49. The summed E-state index contributed by atoms with van der Waals surface area (Å²) >= 11 is 0. The topological polar surface area (TPSA) is 35.5 Å². The highest BCUT2D eigenvalue weighted by Gasteiger charge is 2.29. The summed E-state index contributed by atoms with van der Waals surface area (Å²) in [7, 11) is 2.20. The van der Waals surface area contributed by atoms with Crippen LogP contribution in [0.1, 0.15) is 31.4 Å². The van der Waals surface area contributed by atoms with Crippen molar-refractivity contribution in [1.29, 1.82) is 0 Å². The average molecular weight is 262 g/mol. The van der Waals surface area contributed by atoms with Gasteiger partial charge >= 0.3 is 0 Å². The molecule has 0 aliphatic carbocycles. The second kappa shape index (κ2) is 5.41. The van der Waals surface area contributed by atoms with Crippen LogP contribution in [0.15, 0.2) is 12.1 Å².